The van der Waals surface area contributed by atoms with E-state index in [0.717, 1.165) is 36.0 Å². The highest BCUT2D eigenvalue weighted by Crippen LogP contribution is 2.27. The number of aromatic nitrogens is 3. The third-order valence-electron chi connectivity index (χ3n) is 4.91. The van der Waals surface area contributed by atoms with Crippen LogP contribution in [0.1, 0.15) is 35.5 Å². The number of aryl methyl sites for hydroxylation is 1. The fourth-order valence-electron chi connectivity index (χ4n) is 3.39. The molecule has 28 heavy (non-hydrogen) atoms. The molecule has 0 aliphatic carbocycles. The molecule has 3 aromatic rings. The minimum atomic E-state index is -0.191. The van der Waals surface area contributed by atoms with Gasteiger partial charge in [-0.1, -0.05) is 35.9 Å². The predicted molar refractivity (Wildman–Crippen MR) is 110 cm³/mol. The van der Waals surface area contributed by atoms with Gasteiger partial charge in [-0.05, 0) is 37.5 Å². The summed E-state index contributed by atoms with van der Waals surface area (Å²) in [4.78, 5) is 23.8. The predicted octanol–water partition coefficient (Wildman–Crippen LogP) is 3.12. The zero-order valence-corrected chi connectivity index (χ0v) is 16.7. The minimum Gasteiger partial charge on any atom is -0.349 e. The molecule has 3 heterocycles. The van der Waals surface area contributed by atoms with Gasteiger partial charge in [0.2, 0.25) is 11.0 Å². The molecule has 0 bridgehead atoms. The van der Waals surface area contributed by atoms with Gasteiger partial charge in [0.15, 0.2) is 0 Å². The first kappa shape index (κ1) is 18.6. The van der Waals surface area contributed by atoms with Crippen LogP contribution in [-0.4, -0.2) is 32.8 Å². The summed E-state index contributed by atoms with van der Waals surface area (Å²) in [5.41, 5.74) is 3.30. The number of benzene rings is 1. The molecular weight excluding hydrogens is 370 g/mol. The minimum absolute atomic E-state index is 0.0263. The van der Waals surface area contributed by atoms with Crippen LogP contribution in [0, 0.1) is 6.92 Å². The van der Waals surface area contributed by atoms with Crippen molar-refractivity contribution in [2.75, 3.05) is 11.4 Å². The molecule has 0 spiro atoms. The molecule has 1 amide bonds. The van der Waals surface area contributed by atoms with Crippen molar-refractivity contribution in [3.63, 3.8) is 0 Å². The molecule has 1 N–H and O–H groups in total. The standard InChI is InChI=1S/C21H23N5OS/c1-15-7-9-16(10-8-15)13-19-24-21(28-25-19)26-12-4-6-18(26)20(27)23-14-17-5-2-3-11-22-17/h2-3,5,7-11,18H,4,6,12-14H2,1H3,(H,23,27). The first-order valence-electron chi connectivity index (χ1n) is 9.51. The summed E-state index contributed by atoms with van der Waals surface area (Å²) >= 11 is 1.38. The van der Waals surface area contributed by atoms with E-state index in [9.17, 15) is 4.79 Å². The van der Waals surface area contributed by atoms with E-state index in [2.05, 4.69) is 50.8 Å². The Morgan fingerprint density at radius 3 is 2.89 bits per heavy atom. The quantitative estimate of drug-likeness (QED) is 0.697. The van der Waals surface area contributed by atoms with Gasteiger partial charge in [-0.15, -0.1) is 0 Å². The van der Waals surface area contributed by atoms with Gasteiger partial charge in [0.25, 0.3) is 0 Å². The lowest BCUT2D eigenvalue weighted by molar-refractivity contribution is -0.122. The van der Waals surface area contributed by atoms with E-state index in [0.29, 0.717) is 13.0 Å². The Bertz CT molecular complexity index is 925. The molecule has 1 aliphatic heterocycles. The summed E-state index contributed by atoms with van der Waals surface area (Å²) in [6.45, 7) is 3.36. The van der Waals surface area contributed by atoms with Crippen LogP contribution >= 0.6 is 11.5 Å². The van der Waals surface area contributed by atoms with Gasteiger partial charge in [0.05, 0.1) is 12.2 Å². The van der Waals surface area contributed by atoms with Crippen molar-refractivity contribution in [2.24, 2.45) is 0 Å². The fraction of sp³-hybridized carbons (Fsp3) is 0.333. The van der Waals surface area contributed by atoms with E-state index in [4.69, 9.17) is 4.98 Å². The molecule has 0 saturated carbocycles. The van der Waals surface area contributed by atoms with Gasteiger partial charge in [-0.2, -0.15) is 4.37 Å². The summed E-state index contributed by atoms with van der Waals surface area (Å²) in [5, 5.41) is 3.84. The van der Waals surface area contributed by atoms with Gasteiger partial charge >= 0.3 is 0 Å². The summed E-state index contributed by atoms with van der Waals surface area (Å²) in [6, 6.07) is 13.9. The number of carbonyl (C=O) groups is 1. The lowest BCUT2D eigenvalue weighted by Gasteiger charge is -2.22. The summed E-state index contributed by atoms with van der Waals surface area (Å²) in [7, 11) is 0. The molecule has 2 aromatic heterocycles. The van der Waals surface area contributed by atoms with Gasteiger partial charge in [-0.3, -0.25) is 9.78 Å². The van der Waals surface area contributed by atoms with Crippen molar-refractivity contribution in [3.05, 3.63) is 71.3 Å². The van der Waals surface area contributed by atoms with Crippen LogP contribution in [0.2, 0.25) is 0 Å². The summed E-state index contributed by atoms with van der Waals surface area (Å²) in [5.74, 6) is 0.835. The van der Waals surface area contributed by atoms with E-state index in [1.807, 2.05) is 18.2 Å². The number of hydrogen-bond acceptors (Lipinski definition) is 6. The Labute approximate surface area is 168 Å². The van der Waals surface area contributed by atoms with Crippen LogP contribution in [0.3, 0.4) is 0 Å². The maximum atomic E-state index is 12.7. The van der Waals surface area contributed by atoms with E-state index in [1.165, 1.54) is 22.7 Å². The van der Waals surface area contributed by atoms with Crippen LogP contribution in [-0.2, 0) is 17.8 Å². The topological polar surface area (TPSA) is 71.0 Å². The molecular formula is C21H23N5OS. The summed E-state index contributed by atoms with van der Waals surface area (Å²) in [6.07, 6.45) is 4.26. The van der Waals surface area contributed by atoms with E-state index in [1.54, 1.807) is 6.20 Å². The molecule has 1 unspecified atom stereocenters. The maximum absolute atomic E-state index is 12.7. The normalized spacial score (nSPS) is 16.3. The average Bonchev–Trinajstić information content (AvgIpc) is 3.38. The lowest BCUT2D eigenvalue weighted by Crippen LogP contribution is -2.43. The number of amides is 1. The second-order valence-electron chi connectivity index (χ2n) is 7.05. The number of anilines is 1. The first-order valence-corrected chi connectivity index (χ1v) is 10.3. The summed E-state index contributed by atoms with van der Waals surface area (Å²) < 4.78 is 4.51. The molecule has 6 nitrogen and oxygen atoms in total. The van der Waals surface area contributed by atoms with E-state index >= 15 is 0 Å². The van der Waals surface area contributed by atoms with Crippen LogP contribution in [0.5, 0.6) is 0 Å². The Hall–Kier alpha value is -2.80. The first-order chi connectivity index (χ1) is 13.7. The number of hydrogen-bond donors (Lipinski definition) is 1. The highest BCUT2D eigenvalue weighted by atomic mass is 32.1. The number of rotatable bonds is 6. The van der Waals surface area contributed by atoms with Gasteiger partial charge < -0.3 is 10.2 Å². The molecule has 1 atom stereocenters. The molecule has 1 saturated heterocycles. The smallest absolute Gasteiger partial charge is 0.243 e. The van der Waals surface area contributed by atoms with Crippen molar-refractivity contribution >= 4 is 22.6 Å². The number of carbonyl (C=O) groups excluding carboxylic acids is 1. The second-order valence-corrected chi connectivity index (χ2v) is 7.78. The monoisotopic (exact) mass is 393 g/mol. The maximum Gasteiger partial charge on any atom is 0.243 e. The zero-order chi connectivity index (χ0) is 19.3. The van der Waals surface area contributed by atoms with E-state index < -0.39 is 0 Å². The van der Waals surface area contributed by atoms with Crippen molar-refractivity contribution in [3.8, 4) is 0 Å². The van der Waals surface area contributed by atoms with Crippen molar-refractivity contribution in [1.29, 1.82) is 0 Å². The van der Waals surface area contributed by atoms with Crippen LogP contribution < -0.4 is 10.2 Å². The number of pyridine rings is 1. The molecule has 144 valence electrons. The third kappa shape index (κ3) is 4.36. The fourth-order valence-corrected chi connectivity index (χ4v) is 4.15. The largest absolute Gasteiger partial charge is 0.349 e. The van der Waals surface area contributed by atoms with Crippen LogP contribution in [0.25, 0.3) is 0 Å². The SMILES string of the molecule is Cc1ccc(Cc2nsc(N3CCCC3C(=O)NCc3ccccn3)n2)cc1. The molecule has 0 radical (unpaired) electrons. The average molecular weight is 394 g/mol. The van der Waals surface area contributed by atoms with Crippen molar-refractivity contribution < 1.29 is 4.79 Å². The second kappa shape index (κ2) is 8.48. The van der Waals surface area contributed by atoms with Crippen molar-refractivity contribution in [2.45, 2.75) is 38.8 Å². The van der Waals surface area contributed by atoms with E-state index in [-0.39, 0.29) is 11.9 Å². The number of nitrogens with zero attached hydrogens (tertiary/aromatic N) is 4. The Morgan fingerprint density at radius 1 is 1.25 bits per heavy atom. The molecule has 1 aromatic carbocycles. The highest BCUT2D eigenvalue weighted by Gasteiger charge is 2.32. The lowest BCUT2D eigenvalue weighted by atomic mass is 10.1. The molecule has 4 rings (SSSR count). The van der Waals surface area contributed by atoms with Gasteiger partial charge in [0.1, 0.15) is 11.9 Å². The van der Waals surface area contributed by atoms with Crippen LogP contribution in [0.15, 0.2) is 48.7 Å². The highest BCUT2D eigenvalue weighted by molar-refractivity contribution is 7.09. The molecule has 7 heteroatoms. The van der Waals surface area contributed by atoms with Crippen molar-refractivity contribution in [1.82, 2.24) is 19.7 Å². The third-order valence-corrected chi connectivity index (χ3v) is 5.70. The Morgan fingerprint density at radius 2 is 2.11 bits per heavy atom. The zero-order valence-electron chi connectivity index (χ0n) is 15.8. The van der Waals surface area contributed by atoms with Gasteiger partial charge in [-0.25, -0.2) is 4.98 Å². The number of nitrogens with one attached hydrogen (secondary N) is 1. The molecule has 1 fully saturated rings. The molecule has 1 aliphatic rings. The Balaban J connectivity index is 1.39. The van der Waals surface area contributed by atoms with Gasteiger partial charge in [0, 0.05) is 30.7 Å². The Kier molecular flexibility index (Phi) is 5.62. The van der Waals surface area contributed by atoms with Crippen LogP contribution in [0.4, 0.5) is 5.13 Å².